The molecule has 29 heavy (non-hydrogen) atoms. The number of hydrogen-bond acceptors (Lipinski definition) is 8. The average Bonchev–Trinajstić information content (AvgIpc) is 3.14. The van der Waals surface area contributed by atoms with Gasteiger partial charge in [0.2, 0.25) is 11.0 Å². The first-order valence-electron chi connectivity index (χ1n) is 8.54. The number of hydrogen-bond donors (Lipinski definition) is 2. The van der Waals surface area contributed by atoms with Gasteiger partial charge >= 0.3 is 0 Å². The average molecular weight is 435 g/mol. The molecule has 1 unspecified atom stereocenters. The molecule has 10 heteroatoms. The van der Waals surface area contributed by atoms with Gasteiger partial charge in [0.05, 0.1) is 25.2 Å². The van der Waals surface area contributed by atoms with Gasteiger partial charge in [-0.25, -0.2) is 4.39 Å². The number of nitrogens with zero attached hydrogens (tertiary/aromatic N) is 2. The van der Waals surface area contributed by atoms with Crippen LogP contribution in [-0.2, 0) is 4.79 Å². The number of carbonyl (C=O) groups is 1. The number of ether oxygens (including phenoxy) is 2. The van der Waals surface area contributed by atoms with Gasteiger partial charge in [0.25, 0.3) is 0 Å². The summed E-state index contributed by atoms with van der Waals surface area (Å²) >= 11 is 2.56. The van der Waals surface area contributed by atoms with Crippen LogP contribution in [-0.4, -0.2) is 35.6 Å². The third-order valence-corrected chi connectivity index (χ3v) is 5.82. The normalized spacial score (nSPS) is 11.6. The number of rotatable bonds is 8. The van der Waals surface area contributed by atoms with Crippen LogP contribution in [0.5, 0.6) is 11.5 Å². The van der Waals surface area contributed by atoms with Crippen LogP contribution in [0.25, 0.3) is 0 Å². The number of benzene rings is 2. The van der Waals surface area contributed by atoms with Crippen molar-refractivity contribution < 1.29 is 18.7 Å². The molecule has 152 valence electrons. The highest BCUT2D eigenvalue weighted by molar-refractivity contribution is 8.02. The van der Waals surface area contributed by atoms with Crippen molar-refractivity contribution in [1.29, 1.82) is 0 Å². The first-order valence-corrected chi connectivity index (χ1v) is 10.2. The molecular weight excluding hydrogens is 415 g/mol. The molecule has 0 aliphatic rings. The van der Waals surface area contributed by atoms with Crippen LogP contribution in [0, 0.1) is 5.82 Å². The van der Waals surface area contributed by atoms with Crippen molar-refractivity contribution in [1.82, 2.24) is 10.2 Å². The monoisotopic (exact) mass is 434 g/mol. The summed E-state index contributed by atoms with van der Waals surface area (Å²) in [6.45, 7) is 1.77. The maximum atomic E-state index is 13.3. The van der Waals surface area contributed by atoms with Crippen molar-refractivity contribution in [2.45, 2.75) is 16.5 Å². The number of amides is 1. The standard InChI is InChI=1S/C19H19FN4O3S2/c1-11(17(25)22-15-10-14(26-2)7-8-16(15)27-3)28-19-24-23-18(29-19)21-13-6-4-5-12(20)9-13/h4-11H,1-3H3,(H,21,23)(H,22,25). The molecular formula is C19H19FN4O3S2. The van der Waals surface area contributed by atoms with Gasteiger partial charge in [-0.05, 0) is 37.3 Å². The van der Waals surface area contributed by atoms with E-state index in [1.807, 2.05) is 0 Å². The molecule has 2 aromatic carbocycles. The smallest absolute Gasteiger partial charge is 0.237 e. The predicted molar refractivity (Wildman–Crippen MR) is 113 cm³/mol. The van der Waals surface area contributed by atoms with Crippen molar-refractivity contribution >= 4 is 45.5 Å². The first-order chi connectivity index (χ1) is 14.0. The van der Waals surface area contributed by atoms with Gasteiger partial charge in [0, 0.05) is 11.8 Å². The third-order valence-electron chi connectivity index (χ3n) is 3.79. The van der Waals surface area contributed by atoms with E-state index in [0.717, 1.165) is 0 Å². The van der Waals surface area contributed by atoms with Crippen LogP contribution in [0.3, 0.4) is 0 Å². The number of methoxy groups -OCH3 is 2. The SMILES string of the molecule is COc1ccc(OC)c(NC(=O)C(C)Sc2nnc(Nc3cccc(F)c3)s2)c1. The lowest BCUT2D eigenvalue weighted by atomic mass is 10.2. The molecule has 0 saturated heterocycles. The summed E-state index contributed by atoms with van der Waals surface area (Å²) in [6.07, 6.45) is 0. The molecule has 0 radical (unpaired) electrons. The van der Waals surface area contributed by atoms with E-state index in [1.165, 1.54) is 42.3 Å². The fraction of sp³-hybridized carbons (Fsp3) is 0.211. The largest absolute Gasteiger partial charge is 0.497 e. The maximum Gasteiger partial charge on any atom is 0.237 e. The summed E-state index contributed by atoms with van der Waals surface area (Å²) in [5.41, 5.74) is 1.10. The Balaban J connectivity index is 1.62. The van der Waals surface area contributed by atoms with Gasteiger partial charge in [0.15, 0.2) is 4.34 Å². The Labute approximate surface area is 175 Å². The summed E-state index contributed by atoms with van der Waals surface area (Å²) in [5.74, 6) is 0.594. The Hall–Kier alpha value is -2.85. The summed E-state index contributed by atoms with van der Waals surface area (Å²) in [7, 11) is 3.08. The van der Waals surface area contributed by atoms with Crippen LogP contribution < -0.4 is 20.1 Å². The second-order valence-electron chi connectivity index (χ2n) is 5.82. The molecule has 0 saturated carbocycles. The minimum absolute atomic E-state index is 0.212. The molecule has 3 aromatic rings. The molecule has 1 aromatic heterocycles. The van der Waals surface area contributed by atoms with Crippen LogP contribution in [0.15, 0.2) is 46.8 Å². The highest BCUT2D eigenvalue weighted by Gasteiger charge is 2.19. The zero-order valence-electron chi connectivity index (χ0n) is 15.9. The molecule has 0 spiro atoms. The lowest BCUT2D eigenvalue weighted by Crippen LogP contribution is -2.22. The zero-order chi connectivity index (χ0) is 20.8. The van der Waals surface area contributed by atoms with E-state index < -0.39 is 5.25 Å². The maximum absolute atomic E-state index is 13.3. The summed E-state index contributed by atoms with van der Waals surface area (Å²) in [4.78, 5) is 12.6. The lowest BCUT2D eigenvalue weighted by molar-refractivity contribution is -0.115. The molecule has 3 rings (SSSR count). The molecule has 0 fully saturated rings. The minimum atomic E-state index is -0.430. The van der Waals surface area contributed by atoms with Gasteiger partial charge < -0.3 is 20.1 Å². The predicted octanol–water partition coefficient (Wildman–Crippen LogP) is 4.56. The number of anilines is 3. The highest BCUT2D eigenvalue weighted by atomic mass is 32.2. The molecule has 0 aliphatic heterocycles. The van der Waals surface area contributed by atoms with Crippen LogP contribution in [0.2, 0.25) is 0 Å². The van der Waals surface area contributed by atoms with E-state index >= 15 is 0 Å². The van der Waals surface area contributed by atoms with Crippen molar-refractivity contribution in [3.8, 4) is 11.5 Å². The summed E-state index contributed by atoms with van der Waals surface area (Å²) in [5, 5.41) is 14.0. The molecule has 1 atom stereocenters. The van der Waals surface area contributed by atoms with Crippen molar-refractivity contribution in [2.24, 2.45) is 0 Å². The van der Waals surface area contributed by atoms with Gasteiger partial charge in [-0.15, -0.1) is 10.2 Å². The number of nitrogens with one attached hydrogen (secondary N) is 2. The molecule has 7 nitrogen and oxygen atoms in total. The second-order valence-corrected chi connectivity index (χ2v) is 8.39. The topological polar surface area (TPSA) is 85.4 Å². The Morgan fingerprint density at radius 3 is 2.72 bits per heavy atom. The number of thioether (sulfide) groups is 1. The molecule has 1 heterocycles. The Bertz CT molecular complexity index is 999. The van der Waals surface area contributed by atoms with Gasteiger partial charge in [-0.1, -0.05) is 29.2 Å². The fourth-order valence-electron chi connectivity index (χ4n) is 2.35. The number of halogens is 1. The van der Waals surface area contributed by atoms with E-state index in [-0.39, 0.29) is 11.7 Å². The van der Waals surface area contributed by atoms with E-state index in [0.29, 0.717) is 32.3 Å². The summed E-state index contributed by atoms with van der Waals surface area (Å²) < 4.78 is 24.4. The Morgan fingerprint density at radius 2 is 2.00 bits per heavy atom. The van der Waals surface area contributed by atoms with Crippen molar-refractivity contribution in [2.75, 3.05) is 24.9 Å². The van der Waals surface area contributed by atoms with E-state index in [1.54, 1.807) is 44.4 Å². The zero-order valence-corrected chi connectivity index (χ0v) is 17.6. The van der Waals surface area contributed by atoms with Crippen molar-refractivity contribution in [3.63, 3.8) is 0 Å². The van der Waals surface area contributed by atoms with Gasteiger partial charge in [0.1, 0.15) is 17.3 Å². The van der Waals surface area contributed by atoms with E-state index in [9.17, 15) is 9.18 Å². The first kappa shape index (κ1) is 20.9. The van der Waals surface area contributed by atoms with E-state index in [4.69, 9.17) is 9.47 Å². The minimum Gasteiger partial charge on any atom is -0.497 e. The van der Waals surface area contributed by atoms with Crippen molar-refractivity contribution in [3.05, 3.63) is 48.3 Å². The van der Waals surface area contributed by atoms with Crippen LogP contribution in [0.1, 0.15) is 6.92 Å². The third kappa shape index (κ3) is 5.58. The lowest BCUT2D eigenvalue weighted by Gasteiger charge is -2.14. The van der Waals surface area contributed by atoms with Gasteiger partial charge in [-0.3, -0.25) is 4.79 Å². The highest BCUT2D eigenvalue weighted by Crippen LogP contribution is 2.33. The second kappa shape index (κ2) is 9.57. The summed E-state index contributed by atoms with van der Waals surface area (Å²) in [6, 6.07) is 11.2. The molecule has 1 amide bonds. The fourth-order valence-corrected chi connectivity index (χ4v) is 4.26. The van der Waals surface area contributed by atoms with Gasteiger partial charge in [-0.2, -0.15) is 0 Å². The Morgan fingerprint density at radius 1 is 1.17 bits per heavy atom. The van der Waals surface area contributed by atoms with Crippen LogP contribution in [0.4, 0.5) is 20.9 Å². The molecule has 0 aliphatic carbocycles. The molecule has 2 N–H and O–H groups in total. The van der Waals surface area contributed by atoms with Crippen LogP contribution >= 0.6 is 23.1 Å². The number of carbonyl (C=O) groups excluding carboxylic acids is 1. The van der Waals surface area contributed by atoms with E-state index in [2.05, 4.69) is 20.8 Å². The quantitative estimate of drug-likeness (QED) is 0.503. The number of aromatic nitrogens is 2. The Kier molecular flexibility index (Phi) is 6.89. The molecule has 0 bridgehead atoms.